The fraction of sp³-hybridized carbons (Fsp3) is 0.625. The molecule has 0 aliphatic rings. The molecule has 1 aromatic rings. The van der Waals surface area contributed by atoms with E-state index in [4.69, 9.17) is 0 Å². The molecule has 0 aliphatic heterocycles. The summed E-state index contributed by atoms with van der Waals surface area (Å²) < 4.78 is 26.4. The summed E-state index contributed by atoms with van der Waals surface area (Å²) in [5.41, 5.74) is 1.15. The summed E-state index contributed by atoms with van der Waals surface area (Å²) in [5.74, 6) is -2.17. The van der Waals surface area contributed by atoms with E-state index in [0.29, 0.717) is 5.92 Å². The molecule has 0 nitrogen and oxygen atoms in total. The third kappa shape index (κ3) is 5.16. The van der Waals surface area contributed by atoms with Crippen LogP contribution in [0.25, 0.3) is 0 Å². The predicted molar refractivity (Wildman–Crippen MR) is 73.0 cm³/mol. The van der Waals surface area contributed by atoms with Crippen LogP contribution in [0.5, 0.6) is 0 Å². The van der Waals surface area contributed by atoms with Gasteiger partial charge in [-0.05, 0) is 24.0 Å². The maximum Gasteiger partial charge on any atom is 0.270 e. The third-order valence-corrected chi connectivity index (χ3v) is 3.32. The molecule has 0 fully saturated rings. The summed E-state index contributed by atoms with van der Waals surface area (Å²) in [6.07, 6.45) is 5.80. The second-order valence-corrected chi connectivity index (χ2v) is 5.39. The Labute approximate surface area is 109 Å². The van der Waals surface area contributed by atoms with Gasteiger partial charge in [-0.25, -0.2) is 8.78 Å². The molecule has 0 aliphatic carbocycles. The summed E-state index contributed by atoms with van der Waals surface area (Å²) in [6, 6.07) is 6.84. The van der Waals surface area contributed by atoms with Crippen molar-refractivity contribution in [2.24, 2.45) is 5.92 Å². The topological polar surface area (TPSA) is 0 Å². The smallest absolute Gasteiger partial charge is 0.202 e. The molecule has 1 aromatic carbocycles. The van der Waals surface area contributed by atoms with E-state index < -0.39 is 5.92 Å². The first-order chi connectivity index (χ1) is 8.43. The summed E-state index contributed by atoms with van der Waals surface area (Å²) in [7, 11) is 0. The molecule has 0 N–H and O–H groups in total. The van der Waals surface area contributed by atoms with Crippen molar-refractivity contribution < 1.29 is 8.78 Å². The van der Waals surface area contributed by atoms with Crippen LogP contribution in [0.15, 0.2) is 24.3 Å². The highest BCUT2D eigenvalue weighted by Crippen LogP contribution is 2.28. The molecule has 1 unspecified atom stereocenters. The second kappa shape index (κ2) is 6.86. The zero-order valence-electron chi connectivity index (χ0n) is 11.7. The van der Waals surface area contributed by atoms with Gasteiger partial charge >= 0.3 is 0 Å². The first-order valence-electron chi connectivity index (χ1n) is 6.90. The Morgan fingerprint density at radius 2 is 1.94 bits per heavy atom. The predicted octanol–water partition coefficient (Wildman–Crippen LogP) is 5.56. The molecule has 0 aromatic heterocycles. The minimum absolute atomic E-state index is 0.126. The number of alkyl halides is 2. The largest absolute Gasteiger partial charge is 0.270 e. The minimum Gasteiger partial charge on any atom is -0.202 e. The number of halogens is 2. The van der Waals surface area contributed by atoms with E-state index in [1.807, 2.05) is 6.07 Å². The van der Waals surface area contributed by atoms with Crippen molar-refractivity contribution in [1.29, 1.82) is 0 Å². The number of hydrogen-bond donors (Lipinski definition) is 0. The maximum atomic E-state index is 13.2. The van der Waals surface area contributed by atoms with Crippen molar-refractivity contribution in [2.75, 3.05) is 0 Å². The molecule has 2 heteroatoms. The highest BCUT2D eigenvalue weighted by atomic mass is 19.3. The van der Waals surface area contributed by atoms with E-state index in [9.17, 15) is 8.78 Å². The quantitative estimate of drug-likeness (QED) is 0.559. The van der Waals surface area contributed by atoms with Crippen LogP contribution in [-0.4, -0.2) is 0 Å². The lowest BCUT2D eigenvalue weighted by Gasteiger charge is -2.14. The number of unbranched alkanes of at least 4 members (excludes halogenated alkanes) is 2. The standard InChI is InChI=1S/C16H24F2/c1-4-5-6-8-13(2)11-14-9-7-10-15(12-14)16(3,17)18/h7,9-10,12-13H,4-6,8,11H2,1-3H3. The maximum absolute atomic E-state index is 13.2. The Bertz CT molecular complexity index is 352. The van der Waals surface area contributed by atoms with Crippen LogP contribution in [0.4, 0.5) is 8.78 Å². The van der Waals surface area contributed by atoms with Gasteiger partial charge in [-0.15, -0.1) is 0 Å². The van der Waals surface area contributed by atoms with Gasteiger partial charge in [0.25, 0.3) is 5.92 Å². The monoisotopic (exact) mass is 254 g/mol. The highest BCUT2D eigenvalue weighted by Gasteiger charge is 2.24. The molecular formula is C16H24F2. The van der Waals surface area contributed by atoms with Crippen molar-refractivity contribution in [3.8, 4) is 0 Å². The summed E-state index contributed by atoms with van der Waals surface area (Å²) in [4.78, 5) is 0. The van der Waals surface area contributed by atoms with Gasteiger partial charge in [0.05, 0.1) is 0 Å². The first-order valence-corrected chi connectivity index (χ1v) is 6.90. The lowest BCUT2D eigenvalue weighted by molar-refractivity contribution is 0.0174. The molecule has 1 rings (SSSR count). The molecule has 0 saturated carbocycles. The van der Waals surface area contributed by atoms with Crippen molar-refractivity contribution >= 4 is 0 Å². The van der Waals surface area contributed by atoms with Crippen LogP contribution >= 0.6 is 0 Å². The Balaban J connectivity index is 2.57. The SMILES string of the molecule is CCCCCC(C)Cc1cccc(C(C)(F)F)c1. The Hall–Kier alpha value is -0.920. The molecule has 0 amide bonds. The third-order valence-electron chi connectivity index (χ3n) is 3.32. The average molecular weight is 254 g/mol. The van der Waals surface area contributed by atoms with Crippen molar-refractivity contribution in [2.45, 2.75) is 58.8 Å². The van der Waals surface area contributed by atoms with Gasteiger partial charge in [0, 0.05) is 12.5 Å². The molecule has 0 bridgehead atoms. The number of hydrogen-bond acceptors (Lipinski definition) is 0. The van der Waals surface area contributed by atoms with E-state index in [0.717, 1.165) is 18.9 Å². The molecule has 0 radical (unpaired) electrons. The van der Waals surface area contributed by atoms with Crippen LogP contribution in [0.1, 0.15) is 57.6 Å². The lowest BCUT2D eigenvalue weighted by atomic mass is 9.94. The number of rotatable bonds is 7. The van der Waals surface area contributed by atoms with Crippen LogP contribution < -0.4 is 0 Å². The fourth-order valence-electron chi connectivity index (χ4n) is 2.22. The Morgan fingerprint density at radius 3 is 2.56 bits per heavy atom. The van der Waals surface area contributed by atoms with Gasteiger partial charge in [0.1, 0.15) is 0 Å². The van der Waals surface area contributed by atoms with Gasteiger partial charge < -0.3 is 0 Å². The number of benzene rings is 1. The Kier molecular flexibility index (Phi) is 5.77. The minimum atomic E-state index is -2.73. The lowest BCUT2D eigenvalue weighted by Crippen LogP contribution is -2.08. The zero-order chi connectivity index (χ0) is 13.6. The van der Waals surface area contributed by atoms with Gasteiger partial charge in [-0.2, -0.15) is 0 Å². The van der Waals surface area contributed by atoms with Gasteiger partial charge in [0.15, 0.2) is 0 Å². The molecule has 0 saturated heterocycles. The van der Waals surface area contributed by atoms with Gasteiger partial charge in [-0.3, -0.25) is 0 Å². The van der Waals surface area contributed by atoms with Crippen LogP contribution in [0, 0.1) is 5.92 Å². The van der Waals surface area contributed by atoms with Gasteiger partial charge in [0.2, 0.25) is 0 Å². The van der Waals surface area contributed by atoms with E-state index in [-0.39, 0.29) is 5.56 Å². The fourth-order valence-corrected chi connectivity index (χ4v) is 2.22. The van der Waals surface area contributed by atoms with E-state index in [2.05, 4.69) is 13.8 Å². The van der Waals surface area contributed by atoms with Crippen molar-refractivity contribution in [3.05, 3.63) is 35.4 Å². The Morgan fingerprint density at radius 1 is 1.22 bits per heavy atom. The van der Waals surface area contributed by atoms with Crippen LogP contribution in [-0.2, 0) is 12.3 Å². The van der Waals surface area contributed by atoms with E-state index in [1.54, 1.807) is 12.1 Å². The summed E-state index contributed by atoms with van der Waals surface area (Å²) >= 11 is 0. The summed E-state index contributed by atoms with van der Waals surface area (Å²) in [6.45, 7) is 5.35. The van der Waals surface area contributed by atoms with E-state index in [1.165, 1.54) is 31.7 Å². The average Bonchev–Trinajstić information content (AvgIpc) is 2.28. The summed E-state index contributed by atoms with van der Waals surface area (Å²) in [5, 5.41) is 0. The normalized spacial score (nSPS) is 13.6. The molecule has 18 heavy (non-hydrogen) atoms. The molecular weight excluding hydrogens is 230 g/mol. The zero-order valence-corrected chi connectivity index (χ0v) is 11.7. The molecule has 1 atom stereocenters. The van der Waals surface area contributed by atoms with Crippen LogP contribution in [0.3, 0.4) is 0 Å². The van der Waals surface area contributed by atoms with E-state index >= 15 is 0 Å². The second-order valence-electron chi connectivity index (χ2n) is 5.39. The van der Waals surface area contributed by atoms with Gasteiger partial charge in [-0.1, -0.05) is 57.7 Å². The molecule has 102 valence electrons. The van der Waals surface area contributed by atoms with Crippen LogP contribution in [0.2, 0.25) is 0 Å². The first kappa shape index (κ1) is 15.1. The molecule has 0 heterocycles. The molecule has 0 spiro atoms. The van der Waals surface area contributed by atoms with Crippen molar-refractivity contribution in [3.63, 3.8) is 0 Å². The highest BCUT2D eigenvalue weighted by molar-refractivity contribution is 5.26. The van der Waals surface area contributed by atoms with Crippen molar-refractivity contribution in [1.82, 2.24) is 0 Å².